The second kappa shape index (κ2) is 4.90. The summed E-state index contributed by atoms with van der Waals surface area (Å²) in [5.74, 6) is -0.504. The molecule has 0 aliphatic heterocycles. The van der Waals surface area contributed by atoms with Crippen molar-refractivity contribution in [3.05, 3.63) is 41.2 Å². The summed E-state index contributed by atoms with van der Waals surface area (Å²) in [5, 5.41) is 26.1. The van der Waals surface area contributed by atoms with Crippen LogP contribution in [0.3, 0.4) is 0 Å². The summed E-state index contributed by atoms with van der Waals surface area (Å²) in [6, 6.07) is 8.95. The lowest BCUT2D eigenvalue weighted by Crippen LogP contribution is -2.05. The minimum Gasteiger partial charge on any atom is -0.373 e. The fourth-order valence-electron chi connectivity index (χ4n) is 1.00. The van der Waals surface area contributed by atoms with Crippen LogP contribution in [-0.2, 0) is 0 Å². The van der Waals surface area contributed by atoms with Crippen molar-refractivity contribution < 1.29 is 9.50 Å². The second-order valence-electron chi connectivity index (χ2n) is 2.76. The van der Waals surface area contributed by atoms with Gasteiger partial charge in [0.15, 0.2) is 6.10 Å². The molecule has 0 amide bonds. The lowest BCUT2D eigenvalue weighted by atomic mass is 10.1. The molecular weight excluding hydrogens is 195 g/mol. The number of aliphatic hydroxyl groups excluding tert-OH is 1. The van der Waals surface area contributed by atoms with Crippen LogP contribution in [0.2, 0.25) is 0 Å². The Morgan fingerprint density at radius 2 is 2.07 bits per heavy atom. The summed E-state index contributed by atoms with van der Waals surface area (Å²) in [5.41, 5.74) is -0.00838. The van der Waals surface area contributed by atoms with Crippen molar-refractivity contribution in [3.63, 3.8) is 0 Å². The number of aliphatic hydroxyl groups is 1. The maximum Gasteiger partial charge on any atom is 0.175 e. The van der Waals surface area contributed by atoms with Crippen molar-refractivity contribution in [2.24, 2.45) is 0 Å². The molecule has 0 saturated heterocycles. The summed E-state index contributed by atoms with van der Waals surface area (Å²) in [7, 11) is 0. The topological polar surface area (TPSA) is 67.8 Å². The molecule has 0 saturated carbocycles. The van der Waals surface area contributed by atoms with Gasteiger partial charge in [0.2, 0.25) is 0 Å². The van der Waals surface area contributed by atoms with Crippen LogP contribution in [0.1, 0.15) is 5.56 Å². The van der Waals surface area contributed by atoms with Gasteiger partial charge in [-0.3, -0.25) is 0 Å². The number of hydrogen-bond donors (Lipinski definition) is 1. The van der Waals surface area contributed by atoms with E-state index >= 15 is 0 Å². The Kier molecular flexibility index (Phi) is 3.56. The van der Waals surface area contributed by atoms with Gasteiger partial charge in [-0.05, 0) is 12.1 Å². The molecular formula is C11H7FN2O. The van der Waals surface area contributed by atoms with E-state index in [9.17, 15) is 4.39 Å². The van der Waals surface area contributed by atoms with Crippen LogP contribution < -0.4 is 0 Å². The predicted molar refractivity (Wildman–Crippen MR) is 51.6 cm³/mol. The molecule has 0 bridgehead atoms. The zero-order chi connectivity index (χ0) is 11.3. The van der Waals surface area contributed by atoms with Crippen molar-refractivity contribution in [2.45, 2.75) is 6.10 Å². The third-order valence-corrected chi connectivity index (χ3v) is 1.76. The maximum atomic E-state index is 13.1. The number of rotatable bonds is 2. The fourth-order valence-corrected chi connectivity index (χ4v) is 1.00. The molecule has 0 aliphatic rings. The Balaban J connectivity index is 3.12. The minimum absolute atomic E-state index is 0.170. The molecule has 1 aromatic rings. The Morgan fingerprint density at radius 1 is 1.40 bits per heavy atom. The average Bonchev–Trinajstić information content (AvgIpc) is 2.27. The van der Waals surface area contributed by atoms with Gasteiger partial charge in [-0.1, -0.05) is 18.2 Å². The molecule has 1 N–H and O–H groups in total. The highest BCUT2D eigenvalue weighted by Gasteiger charge is 2.09. The quantitative estimate of drug-likeness (QED) is 0.585. The van der Waals surface area contributed by atoms with Crippen LogP contribution in [0.5, 0.6) is 0 Å². The maximum absolute atomic E-state index is 13.1. The van der Waals surface area contributed by atoms with Gasteiger partial charge < -0.3 is 5.11 Å². The number of nitriles is 2. The summed E-state index contributed by atoms with van der Waals surface area (Å²) in [6.07, 6.45) is -0.363. The summed E-state index contributed by atoms with van der Waals surface area (Å²) < 4.78 is 13.1. The highest BCUT2D eigenvalue weighted by atomic mass is 19.1. The molecule has 74 valence electrons. The van der Waals surface area contributed by atoms with Gasteiger partial charge in [-0.15, -0.1) is 0 Å². The van der Waals surface area contributed by atoms with E-state index < -0.39 is 11.9 Å². The van der Waals surface area contributed by atoms with Crippen molar-refractivity contribution in [1.82, 2.24) is 0 Å². The van der Waals surface area contributed by atoms with Crippen LogP contribution in [0, 0.1) is 28.5 Å². The molecule has 0 radical (unpaired) electrons. The van der Waals surface area contributed by atoms with E-state index in [2.05, 4.69) is 0 Å². The van der Waals surface area contributed by atoms with Crippen molar-refractivity contribution in [2.75, 3.05) is 0 Å². The molecule has 0 fully saturated rings. The average molecular weight is 202 g/mol. The molecule has 0 aliphatic carbocycles. The molecule has 0 aromatic heterocycles. The zero-order valence-corrected chi connectivity index (χ0v) is 7.68. The first-order valence-corrected chi connectivity index (χ1v) is 4.13. The summed E-state index contributed by atoms with van der Waals surface area (Å²) in [6.45, 7) is 0. The molecule has 0 heterocycles. The predicted octanol–water partition coefficient (Wildman–Crippen LogP) is 1.62. The zero-order valence-electron chi connectivity index (χ0n) is 7.68. The second-order valence-corrected chi connectivity index (χ2v) is 2.76. The number of benzene rings is 1. The SMILES string of the molecule is N#C/C(=C/c1ccccc1F)C(O)C#N. The Bertz CT molecular complexity index is 468. The molecule has 1 rings (SSSR count). The molecule has 0 spiro atoms. The van der Waals surface area contributed by atoms with E-state index in [-0.39, 0.29) is 11.1 Å². The van der Waals surface area contributed by atoms with E-state index in [0.717, 1.165) is 6.08 Å². The monoisotopic (exact) mass is 202 g/mol. The highest BCUT2D eigenvalue weighted by molar-refractivity contribution is 5.59. The molecule has 1 unspecified atom stereocenters. The first kappa shape index (κ1) is 10.9. The standard InChI is InChI=1S/C11H7FN2O/c12-10-4-2-1-3-8(10)5-9(6-13)11(15)7-14/h1-5,11,15H/b9-5-. The molecule has 3 nitrogen and oxygen atoms in total. The van der Waals surface area contributed by atoms with E-state index in [4.69, 9.17) is 15.6 Å². The van der Waals surface area contributed by atoms with Gasteiger partial charge in [0.1, 0.15) is 5.82 Å². The summed E-state index contributed by atoms with van der Waals surface area (Å²) in [4.78, 5) is 0. The molecule has 15 heavy (non-hydrogen) atoms. The number of nitrogens with zero attached hydrogens (tertiary/aromatic N) is 2. The van der Waals surface area contributed by atoms with E-state index in [1.165, 1.54) is 24.3 Å². The lowest BCUT2D eigenvalue weighted by Gasteiger charge is -2.00. The van der Waals surface area contributed by atoms with Gasteiger partial charge in [0.25, 0.3) is 0 Å². The molecule has 4 heteroatoms. The van der Waals surface area contributed by atoms with Crippen LogP contribution in [0.15, 0.2) is 29.8 Å². The molecule has 1 atom stereocenters. The smallest absolute Gasteiger partial charge is 0.175 e. The van der Waals surface area contributed by atoms with Crippen molar-refractivity contribution in [1.29, 1.82) is 10.5 Å². The number of hydrogen-bond acceptors (Lipinski definition) is 3. The lowest BCUT2D eigenvalue weighted by molar-refractivity contribution is 0.271. The normalized spacial score (nSPS) is 12.7. The third kappa shape index (κ3) is 2.63. The van der Waals surface area contributed by atoms with Crippen LogP contribution >= 0.6 is 0 Å². The number of halogens is 1. The van der Waals surface area contributed by atoms with E-state index in [1.54, 1.807) is 12.1 Å². The van der Waals surface area contributed by atoms with Gasteiger partial charge in [-0.2, -0.15) is 10.5 Å². The fraction of sp³-hybridized carbons (Fsp3) is 0.0909. The minimum atomic E-state index is -1.52. The highest BCUT2D eigenvalue weighted by Crippen LogP contribution is 2.12. The van der Waals surface area contributed by atoms with E-state index in [0.29, 0.717) is 0 Å². The van der Waals surface area contributed by atoms with Gasteiger partial charge in [0, 0.05) is 5.56 Å². The Hall–Kier alpha value is -2.17. The summed E-state index contributed by atoms with van der Waals surface area (Å²) >= 11 is 0. The third-order valence-electron chi connectivity index (χ3n) is 1.76. The first-order chi connectivity index (χ1) is 7.19. The van der Waals surface area contributed by atoms with Gasteiger partial charge >= 0.3 is 0 Å². The van der Waals surface area contributed by atoms with E-state index in [1.807, 2.05) is 0 Å². The first-order valence-electron chi connectivity index (χ1n) is 4.13. The van der Waals surface area contributed by atoms with Crippen LogP contribution in [0.25, 0.3) is 6.08 Å². The van der Waals surface area contributed by atoms with Gasteiger partial charge in [0.05, 0.1) is 17.7 Å². The molecule has 1 aromatic carbocycles. The van der Waals surface area contributed by atoms with Crippen LogP contribution in [-0.4, -0.2) is 11.2 Å². The van der Waals surface area contributed by atoms with Crippen LogP contribution in [0.4, 0.5) is 4.39 Å². The Labute approximate surface area is 86.3 Å². The van der Waals surface area contributed by atoms with Crippen molar-refractivity contribution >= 4 is 6.08 Å². The van der Waals surface area contributed by atoms with Gasteiger partial charge in [-0.25, -0.2) is 4.39 Å². The Morgan fingerprint density at radius 3 is 2.60 bits per heavy atom. The van der Waals surface area contributed by atoms with Crippen molar-refractivity contribution in [3.8, 4) is 12.1 Å². The largest absolute Gasteiger partial charge is 0.373 e.